The van der Waals surface area contributed by atoms with Gasteiger partial charge in [0.2, 0.25) is 0 Å². The van der Waals surface area contributed by atoms with Crippen LogP contribution in [0.1, 0.15) is 41.6 Å². The number of alkyl halides is 3. The van der Waals surface area contributed by atoms with Crippen LogP contribution in [0.5, 0.6) is 0 Å². The second-order valence-electron chi connectivity index (χ2n) is 6.15. The number of rotatable bonds is 4. The number of anilines is 1. The van der Waals surface area contributed by atoms with Gasteiger partial charge in [0.15, 0.2) is 6.04 Å². The van der Waals surface area contributed by atoms with Crippen molar-refractivity contribution in [3.8, 4) is 6.07 Å². The van der Waals surface area contributed by atoms with Gasteiger partial charge in [0, 0.05) is 13.0 Å². The minimum Gasteiger partial charge on any atom is -0.322 e. The third-order valence-corrected chi connectivity index (χ3v) is 4.15. The maximum Gasteiger partial charge on any atom is 0.412 e. The number of nitrogens with zero attached hydrogens (tertiary/aromatic N) is 3. The van der Waals surface area contributed by atoms with E-state index < -0.39 is 18.2 Å². The second-order valence-corrected chi connectivity index (χ2v) is 6.15. The van der Waals surface area contributed by atoms with E-state index in [1.54, 1.807) is 17.8 Å². The molecule has 1 saturated carbocycles. The average molecular weight is 363 g/mol. The van der Waals surface area contributed by atoms with Gasteiger partial charge >= 0.3 is 12.2 Å². The van der Waals surface area contributed by atoms with Crippen LogP contribution in [0.15, 0.2) is 30.5 Å². The highest BCUT2D eigenvalue weighted by Gasteiger charge is 2.42. The first-order valence-corrected chi connectivity index (χ1v) is 7.95. The molecule has 136 valence electrons. The molecule has 6 nitrogen and oxygen atoms in total. The Kier molecular flexibility index (Phi) is 4.59. The Hall–Kier alpha value is -3.02. The zero-order valence-electron chi connectivity index (χ0n) is 13.8. The van der Waals surface area contributed by atoms with Crippen LogP contribution in [-0.4, -0.2) is 22.0 Å². The largest absolute Gasteiger partial charge is 0.412 e. The van der Waals surface area contributed by atoms with Gasteiger partial charge in [-0.15, -0.1) is 0 Å². The van der Waals surface area contributed by atoms with Gasteiger partial charge in [0.1, 0.15) is 0 Å². The molecule has 2 aromatic rings. The van der Waals surface area contributed by atoms with Crippen LogP contribution in [0.2, 0.25) is 0 Å². The predicted molar refractivity (Wildman–Crippen MR) is 87.3 cm³/mol. The minimum atomic E-state index is -4.71. The van der Waals surface area contributed by atoms with Crippen LogP contribution in [0.3, 0.4) is 0 Å². The van der Waals surface area contributed by atoms with Gasteiger partial charge in [-0.3, -0.25) is 4.68 Å². The van der Waals surface area contributed by atoms with Crippen molar-refractivity contribution in [1.29, 1.82) is 5.26 Å². The molecular formula is C17H16F3N5O. The van der Waals surface area contributed by atoms with Crippen LogP contribution in [0, 0.1) is 11.3 Å². The molecule has 1 atom stereocenters. The van der Waals surface area contributed by atoms with E-state index in [1.807, 2.05) is 5.32 Å². The standard InChI is InChI=1S/C17H16F3N5O/c1-25-14(11-5-6-11)13(9-22-25)23-16(26)24-15(17(18,19)20)12-4-2-3-10(7-12)8-21/h2-4,7,9,11,15H,5-6H2,1H3,(H2,23,24,26). The van der Waals surface area contributed by atoms with E-state index in [0.717, 1.165) is 24.6 Å². The number of hydrogen-bond donors (Lipinski definition) is 2. The molecule has 1 heterocycles. The minimum absolute atomic E-state index is 0.0854. The van der Waals surface area contributed by atoms with Crippen LogP contribution in [0.25, 0.3) is 0 Å². The van der Waals surface area contributed by atoms with E-state index in [2.05, 4.69) is 10.4 Å². The number of aromatic nitrogens is 2. The lowest BCUT2D eigenvalue weighted by atomic mass is 10.0. The van der Waals surface area contributed by atoms with Crippen molar-refractivity contribution in [2.75, 3.05) is 5.32 Å². The Morgan fingerprint density at radius 1 is 1.42 bits per heavy atom. The summed E-state index contributed by atoms with van der Waals surface area (Å²) >= 11 is 0. The number of nitrogens with one attached hydrogen (secondary N) is 2. The Labute approximate surface area is 147 Å². The quantitative estimate of drug-likeness (QED) is 0.871. The summed E-state index contributed by atoms with van der Waals surface area (Å²) in [5, 5.41) is 17.3. The SMILES string of the molecule is Cn1ncc(NC(=O)NC(c2cccc(C#N)c2)C(F)(F)F)c1C1CC1. The monoisotopic (exact) mass is 363 g/mol. The van der Waals surface area contributed by atoms with Crippen molar-refractivity contribution < 1.29 is 18.0 Å². The molecule has 1 unspecified atom stereocenters. The first kappa shape index (κ1) is 17.8. The molecular weight excluding hydrogens is 347 g/mol. The highest BCUT2D eigenvalue weighted by molar-refractivity contribution is 5.90. The normalized spacial score (nSPS) is 15.2. The lowest BCUT2D eigenvalue weighted by Gasteiger charge is -2.22. The van der Waals surface area contributed by atoms with E-state index in [0.29, 0.717) is 5.69 Å². The number of urea groups is 1. The number of aryl methyl sites for hydroxylation is 1. The van der Waals surface area contributed by atoms with Gasteiger partial charge in [-0.05, 0) is 30.5 Å². The Bertz CT molecular complexity index is 864. The van der Waals surface area contributed by atoms with Gasteiger partial charge < -0.3 is 10.6 Å². The molecule has 2 N–H and O–H groups in total. The van der Waals surface area contributed by atoms with Crippen molar-refractivity contribution in [2.45, 2.75) is 31.0 Å². The van der Waals surface area contributed by atoms with Crippen molar-refractivity contribution in [1.82, 2.24) is 15.1 Å². The third kappa shape index (κ3) is 3.79. The fourth-order valence-corrected chi connectivity index (χ4v) is 2.82. The topological polar surface area (TPSA) is 82.7 Å². The van der Waals surface area contributed by atoms with Gasteiger partial charge in [0.05, 0.1) is 29.2 Å². The summed E-state index contributed by atoms with van der Waals surface area (Å²) < 4.78 is 41.9. The van der Waals surface area contributed by atoms with Crippen LogP contribution in [0.4, 0.5) is 23.7 Å². The molecule has 2 amide bonds. The maximum atomic E-state index is 13.4. The van der Waals surface area contributed by atoms with Crippen molar-refractivity contribution >= 4 is 11.7 Å². The number of carbonyl (C=O) groups is 1. The van der Waals surface area contributed by atoms with E-state index in [1.165, 1.54) is 24.4 Å². The molecule has 9 heteroatoms. The number of nitriles is 1. The van der Waals surface area contributed by atoms with Crippen molar-refractivity contribution in [3.05, 3.63) is 47.3 Å². The number of carbonyl (C=O) groups excluding carboxylic acids is 1. The highest BCUT2D eigenvalue weighted by atomic mass is 19.4. The highest BCUT2D eigenvalue weighted by Crippen LogP contribution is 2.43. The summed E-state index contributed by atoms with van der Waals surface area (Å²) in [6, 6.07) is 3.66. The van der Waals surface area contributed by atoms with Crippen LogP contribution < -0.4 is 10.6 Å². The number of halogens is 3. The van der Waals surface area contributed by atoms with Gasteiger partial charge in [-0.2, -0.15) is 23.5 Å². The first-order valence-electron chi connectivity index (χ1n) is 7.95. The molecule has 1 aliphatic carbocycles. The van der Waals surface area contributed by atoms with E-state index in [4.69, 9.17) is 5.26 Å². The Morgan fingerprint density at radius 2 is 2.15 bits per heavy atom. The Morgan fingerprint density at radius 3 is 2.77 bits per heavy atom. The molecule has 0 radical (unpaired) electrons. The smallest absolute Gasteiger partial charge is 0.322 e. The summed E-state index contributed by atoms with van der Waals surface area (Å²) in [6.45, 7) is 0. The van der Waals surface area contributed by atoms with E-state index >= 15 is 0 Å². The summed E-state index contributed by atoms with van der Waals surface area (Å²) in [4.78, 5) is 12.2. The first-order chi connectivity index (χ1) is 12.3. The lowest BCUT2D eigenvalue weighted by Crippen LogP contribution is -2.40. The maximum absolute atomic E-state index is 13.4. The van der Waals surface area contributed by atoms with E-state index in [-0.39, 0.29) is 17.0 Å². The zero-order valence-corrected chi connectivity index (χ0v) is 13.8. The molecule has 3 rings (SSSR count). The van der Waals surface area contributed by atoms with Crippen LogP contribution in [-0.2, 0) is 7.05 Å². The molecule has 1 aliphatic rings. The molecule has 0 bridgehead atoms. The van der Waals surface area contributed by atoms with E-state index in [9.17, 15) is 18.0 Å². The molecule has 0 aliphatic heterocycles. The van der Waals surface area contributed by atoms with Crippen molar-refractivity contribution in [2.24, 2.45) is 7.05 Å². The second kappa shape index (κ2) is 6.71. The summed E-state index contributed by atoms with van der Waals surface area (Å²) in [5.74, 6) is 0.267. The fraction of sp³-hybridized carbons (Fsp3) is 0.353. The molecule has 0 saturated heterocycles. The molecule has 1 fully saturated rings. The zero-order chi connectivity index (χ0) is 18.9. The molecule has 1 aromatic heterocycles. The van der Waals surface area contributed by atoms with Gasteiger partial charge in [-0.25, -0.2) is 4.79 Å². The molecule has 26 heavy (non-hydrogen) atoms. The van der Waals surface area contributed by atoms with Crippen molar-refractivity contribution in [3.63, 3.8) is 0 Å². The summed E-state index contributed by atoms with van der Waals surface area (Å²) in [5.41, 5.74) is 1.08. The van der Waals surface area contributed by atoms with Gasteiger partial charge in [0.25, 0.3) is 0 Å². The number of hydrogen-bond acceptors (Lipinski definition) is 3. The lowest BCUT2D eigenvalue weighted by molar-refractivity contribution is -0.154. The van der Waals surface area contributed by atoms with Gasteiger partial charge in [-0.1, -0.05) is 12.1 Å². The number of amides is 2. The fourth-order valence-electron chi connectivity index (χ4n) is 2.82. The third-order valence-electron chi connectivity index (χ3n) is 4.15. The molecule has 1 aromatic carbocycles. The van der Waals surface area contributed by atoms with Crippen LogP contribution >= 0.6 is 0 Å². The summed E-state index contributed by atoms with van der Waals surface area (Å²) in [6.07, 6.45) is -1.37. The Balaban J connectivity index is 1.79. The average Bonchev–Trinajstić information content (AvgIpc) is 3.35. The molecule has 0 spiro atoms. The predicted octanol–water partition coefficient (Wildman–Crippen LogP) is 3.59. The number of benzene rings is 1. The summed E-state index contributed by atoms with van der Waals surface area (Å²) in [7, 11) is 1.72.